The molecule has 2 saturated heterocycles. The number of amides is 2. The highest BCUT2D eigenvalue weighted by Gasteiger charge is 2.60. The predicted octanol–water partition coefficient (Wildman–Crippen LogP) is 4.74. The lowest BCUT2D eigenvalue weighted by Gasteiger charge is -2.29. The molecule has 0 aromatic heterocycles. The minimum atomic E-state index is -1.10. The fraction of sp³-hybridized carbons (Fsp3) is 0.125. The highest BCUT2D eigenvalue weighted by atomic mass is 35.5. The number of hydroxylamine groups is 1. The number of carbonyl (C=O) groups is 3. The van der Waals surface area contributed by atoms with Gasteiger partial charge in [0.25, 0.3) is 5.91 Å². The van der Waals surface area contributed by atoms with E-state index in [4.69, 9.17) is 33.1 Å². The summed E-state index contributed by atoms with van der Waals surface area (Å²) in [6, 6.07) is 19.0. The summed E-state index contributed by atoms with van der Waals surface area (Å²) < 4.78 is 0. The summed E-state index contributed by atoms with van der Waals surface area (Å²) >= 11 is 12.6. The summed E-state index contributed by atoms with van der Waals surface area (Å²) in [7, 11) is 0. The van der Waals surface area contributed by atoms with Gasteiger partial charge in [0.15, 0.2) is 6.10 Å². The van der Waals surface area contributed by atoms with E-state index in [9.17, 15) is 14.4 Å². The number of carbonyl (C=O) groups excluding carboxylic acids is 2. The van der Waals surface area contributed by atoms with E-state index in [1.807, 2.05) is 30.3 Å². The average molecular weight is 483 g/mol. The van der Waals surface area contributed by atoms with Crippen LogP contribution in [0.5, 0.6) is 0 Å². The second-order valence-electron chi connectivity index (χ2n) is 7.69. The predicted molar refractivity (Wildman–Crippen MR) is 122 cm³/mol. The van der Waals surface area contributed by atoms with Crippen molar-refractivity contribution in [1.82, 2.24) is 0 Å². The lowest BCUT2D eigenvalue weighted by atomic mass is 9.90. The van der Waals surface area contributed by atoms with Crippen LogP contribution in [0.2, 0.25) is 10.0 Å². The molecular formula is C24H16Cl2N2O5. The number of benzene rings is 3. The summed E-state index contributed by atoms with van der Waals surface area (Å²) in [4.78, 5) is 45.1. The molecule has 0 bridgehead atoms. The van der Waals surface area contributed by atoms with Crippen LogP contribution in [0.4, 0.5) is 11.4 Å². The monoisotopic (exact) mass is 482 g/mol. The smallest absolute Gasteiger partial charge is 0.335 e. The van der Waals surface area contributed by atoms with E-state index in [0.29, 0.717) is 21.3 Å². The first kappa shape index (κ1) is 21.5. The van der Waals surface area contributed by atoms with E-state index in [-0.39, 0.29) is 11.3 Å². The van der Waals surface area contributed by atoms with Gasteiger partial charge in [0, 0.05) is 10.0 Å². The van der Waals surface area contributed by atoms with Gasteiger partial charge < -0.3 is 5.11 Å². The van der Waals surface area contributed by atoms with Crippen LogP contribution in [-0.4, -0.2) is 29.0 Å². The number of rotatable bonds is 4. The number of carboxylic acid groups (broad SMARTS) is 1. The molecule has 2 heterocycles. The zero-order valence-corrected chi connectivity index (χ0v) is 18.4. The number of para-hydroxylation sites is 1. The fourth-order valence-corrected chi connectivity index (χ4v) is 4.80. The highest BCUT2D eigenvalue weighted by Crippen LogP contribution is 2.49. The first-order valence-electron chi connectivity index (χ1n) is 10.0. The number of fused-ring (bicyclic) bond motifs is 1. The van der Waals surface area contributed by atoms with Crippen LogP contribution in [0.15, 0.2) is 72.8 Å². The van der Waals surface area contributed by atoms with Gasteiger partial charge in [-0.3, -0.25) is 14.4 Å². The van der Waals surface area contributed by atoms with Crippen molar-refractivity contribution in [2.24, 2.45) is 5.92 Å². The first-order valence-corrected chi connectivity index (χ1v) is 10.8. The van der Waals surface area contributed by atoms with Crippen molar-refractivity contribution in [3.05, 3.63) is 94.0 Å². The van der Waals surface area contributed by atoms with Gasteiger partial charge in [-0.1, -0.05) is 47.5 Å². The summed E-state index contributed by atoms with van der Waals surface area (Å²) in [5.74, 6) is -2.95. The molecule has 166 valence electrons. The number of halogens is 2. The SMILES string of the molecule is O=C(O)c1ccc(N2C(=O)[C@H]3[C@@H](ON(c4ccccc4)[C@H]3c3ccc(Cl)cc3Cl)C2=O)cc1. The Morgan fingerprint density at radius 3 is 2.21 bits per heavy atom. The summed E-state index contributed by atoms with van der Waals surface area (Å²) in [6.07, 6.45) is -1.06. The van der Waals surface area contributed by atoms with Crippen molar-refractivity contribution in [2.45, 2.75) is 12.1 Å². The third-order valence-electron chi connectivity index (χ3n) is 5.78. The Hall–Kier alpha value is -3.39. The standard InChI is InChI=1S/C24H16Cl2N2O5/c25-14-8-11-17(18(26)12-14)20-19-21(33-28(20)16-4-2-1-3-5-16)23(30)27(22(19)29)15-9-6-13(7-10-15)24(31)32/h1-12,19-21H,(H,31,32)/t19-,20+,21-/m1/s1. The Labute approximate surface area is 198 Å². The van der Waals surface area contributed by atoms with Crippen molar-refractivity contribution >= 4 is 52.4 Å². The van der Waals surface area contributed by atoms with E-state index < -0.39 is 35.8 Å². The lowest BCUT2D eigenvalue weighted by molar-refractivity contribution is -0.126. The quantitative estimate of drug-likeness (QED) is 0.540. The van der Waals surface area contributed by atoms with Gasteiger partial charge >= 0.3 is 5.97 Å². The molecule has 0 saturated carbocycles. The van der Waals surface area contributed by atoms with Crippen molar-refractivity contribution < 1.29 is 24.3 Å². The zero-order valence-electron chi connectivity index (χ0n) is 16.9. The maximum atomic E-state index is 13.6. The number of nitrogens with zero attached hydrogens (tertiary/aromatic N) is 2. The topological polar surface area (TPSA) is 87.2 Å². The number of hydrogen-bond acceptors (Lipinski definition) is 5. The van der Waals surface area contributed by atoms with E-state index in [1.54, 1.807) is 23.3 Å². The van der Waals surface area contributed by atoms with Crippen LogP contribution < -0.4 is 9.96 Å². The van der Waals surface area contributed by atoms with Gasteiger partial charge in [-0.2, -0.15) is 0 Å². The molecule has 0 spiro atoms. The Kier molecular flexibility index (Phi) is 5.32. The first-order chi connectivity index (χ1) is 15.9. The van der Waals surface area contributed by atoms with Crippen LogP contribution in [0.1, 0.15) is 22.0 Å². The van der Waals surface area contributed by atoms with E-state index in [2.05, 4.69) is 0 Å². The minimum Gasteiger partial charge on any atom is -0.478 e. The van der Waals surface area contributed by atoms with Gasteiger partial charge in [0.1, 0.15) is 5.92 Å². The van der Waals surface area contributed by atoms with Crippen LogP contribution in [0.25, 0.3) is 0 Å². The lowest BCUT2D eigenvalue weighted by Crippen LogP contribution is -2.37. The largest absolute Gasteiger partial charge is 0.478 e. The van der Waals surface area contributed by atoms with Gasteiger partial charge in [-0.05, 0) is 54.1 Å². The highest BCUT2D eigenvalue weighted by molar-refractivity contribution is 6.35. The number of anilines is 2. The van der Waals surface area contributed by atoms with Crippen molar-refractivity contribution in [3.63, 3.8) is 0 Å². The maximum Gasteiger partial charge on any atom is 0.335 e. The second kappa shape index (κ2) is 8.19. The average Bonchev–Trinajstić information content (AvgIpc) is 3.30. The van der Waals surface area contributed by atoms with Crippen LogP contribution in [0, 0.1) is 5.92 Å². The van der Waals surface area contributed by atoms with Gasteiger partial charge in [-0.25, -0.2) is 14.8 Å². The molecule has 0 aliphatic carbocycles. The molecule has 7 nitrogen and oxygen atoms in total. The molecule has 5 rings (SSSR count). The maximum absolute atomic E-state index is 13.6. The molecular weight excluding hydrogens is 467 g/mol. The molecule has 3 aromatic carbocycles. The van der Waals surface area contributed by atoms with Crippen molar-refractivity contribution in [3.8, 4) is 0 Å². The Morgan fingerprint density at radius 1 is 0.879 bits per heavy atom. The molecule has 2 aliphatic heterocycles. The van der Waals surface area contributed by atoms with Crippen LogP contribution in [-0.2, 0) is 14.4 Å². The normalized spacial score (nSPS) is 22.1. The number of carboxylic acids is 1. The van der Waals surface area contributed by atoms with E-state index >= 15 is 0 Å². The fourth-order valence-electron chi connectivity index (χ4n) is 4.28. The zero-order chi connectivity index (χ0) is 23.3. The summed E-state index contributed by atoms with van der Waals surface area (Å²) in [5.41, 5.74) is 1.60. The minimum absolute atomic E-state index is 0.0513. The Morgan fingerprint density at radius 2 is 1.58 bits per heavy atom. The molecule has 2 fully saturated rings. The van der Waals surface area contributed by atoms with E-state index in [1.165, 1.54) is 24.3 Å². The number of imide groups is 1. The second-order valence-corrected chi connectivity index (χ2v) is 8.53. The Bertz CT molecular complexity index is 1270. The van der Waals surface area contributed by atoms with Crippen LogP contribution >= 0.6 is 23.2 Å². The van der Waals surface area contributed by atoms with Crippen LogP contribution in [0.3, 0.4) is 0 Å². The third-order valence-corrected chi connectivity index (χ3v) is 6.34. The number of aromatic carboxylic acids is 1. The molecule has 33 heavy (non-hydrogen) atoms. The molecule has 2 amide bonds. The molecule has 1 N–H and O–H groups in total. The molecule has 3 aromatic rings. The van der Waals surface area contributed by atoms with Crippen molar-refractivity contribution in [1.29, 1.82) is 0 Å². The summed E-state index contributed by atoms with van der Waals surface area (Å²) in [6.45, 7) is 0. The van der Waals surface area contributed by atoms with Gasteiger partial charge in [0.05, 0.1) is 23.0 Å². The van der Waals surface area contributed by atoms with E-state index in [0.717, 1.165) is 4.90 Å². The number of hydrogen-bond donors (Lipinski definition) is 1. The Balaban J connectivity index is 1.58. The third kappa shape index (κ3) is 3.54. The molecule has 0 radical (unpaired) electrons. The molecule has 2 aliphatic rings. The summed E-state index contributed by atoms with van der Waals surface area (Å²) in [5, 5.41) is 11.5. The molecule has 0 unspecified atom stereocenters. The molecule has 3 atom stereocenters. The van der Waals surface area contributed by atoms with Crippen molar-refractivity contribution in [2.75, 3.05) is 9.96 Å². The van der Waals surface area contributed by atoms with Gasteiger partial charge in [-0.15, -0.1) is 0 Å². The van der Waals surface area contributed by atoms with Gasteiger partial charge in [0.2, 0.25) is 5.91 Å². The molecule has 9 heteroatoms.